The van der Waals surface area contributed by atoms with Crippen molar-refractivity contribution in [3.05, 3.63) is 35.9 Å². The van der Waals surface area contributed by atoms with E-state index in [1.807, 2.05) is 45.9 Å². The zero-order valence-corrected chi connectivity index (χ0v) is 16.1. The van der Waals surface area contributed by atoms with Crippen LogP contribution in [0.3, 0.4) is 0 Å². The van der Waals surface area contributed by atoms with Gasteiger partial charge in [0.15, 0.2) is 9.84 Å². The van der Waals surface area contributed by atoms with Crippen LogP contribution in [-0.4, -0.2) is 37.2 Å². The number of sulfone groups is 1. The number of allylic oxidation sites excluding steroid dienone is 1. The third-order valence-corrected chi connectivity index (χ3v) is 8.82. The third kappa shape index (κ3) is 2.70. The SMILES string of the molecule is CC1(C)OB(c2cccc(C3=CC4CCC(C3)S4(=O)=O)c2)OC1(C)C. The molecule has 2 atom stereocenters. The summed E-state index contributed by atoms with van der Waals surface area (Å²) in [6, 6.07) is 8.16. The molecular weight excluding hydrogens is 335 g/mol. The van der Waals surface area contributed by atoms with Crippen LogP contribution in [0.15, 0.2) is 30.3 Å². The highest BCUT2D eigenvalue weighted by atomic mass is 32.2. The fraction of sp³-hybridized carbons (Fsp3) is 0.579. The molecule has 4 rings (SSSR count). The van der Waals surface area contributed by atoms with Crippen molar-refractivity contribution in [2.75, 3.05) is 0 Å². The lowest BCUT2D eigenvalue weighted by atomic mass is 9.77. The van der Waals surface area contributed by atoms with Gasteiger partial charge in [0.25, 0.3) is 0 Å². The van der Waals surface area contributed by atoms with E-state index in [4.69, 9.17) is 9.31 Å². The molecule has 6 heteroatoms. The van der Waals surface area contributed by atoms with Crippen LogP contribution in [0.5, 0.6) is 0 Å². The zero-order chi connectivity index (χ0) is 18.0. The van der Waals surface area contributed by atoms with E-state index >= 15 is 0 Å². The summed E-state index contributed by atoms with van der Waals surface area (Å²) in [6.07, 6.45) is 4.12. The summed E-state index contributed by atoms with van der Waals surface area (Å²) >= 11 is 0. The maximum absolute atomic E-state index is 12.3. The molecule has 3 aliphatic heterocycles. The minimum absolute atomic E-state index is 0.210. The van der Waals surface area contributed by atoms with Gasteiger partial charge in [0, 0.05) is 0 Å². The van der Waals surface area contributed by atoms with E-state index < -0.39 is 17.0 Å². The Morgan fingerprint density at radius 2 is 1.76 bits per heavy atom. The van der Waals surface area contributed by atoms with Gasteiger partial charge in [-0.25, -0.2) is 8.42 Å². The van der Waals surface area contributed by atoms with Gasteiger partial charge in [-0.3, -0.25) is 0 Å². The maximum Gasteiger partial charge on any atom is 0.494 e. The molecule has 4 nitrogen and oxygen atoms in total. The van der Waals surface area contributed by atoms with E-state index in [2.05, 4.69) is 12.1 Å². The summed E-state index contributed by atoms with van der Waals surface area (Å²) in [6.45, 7) is 8.18. The van der Waals surface area contributed by atoms with Gasteiger partial charge in [0.2, 0.25) is 0 Å². The average molecular weight is 360 g/mol. The molecule has 0 aromatic heterocycles. The first-order valence-corrected chi connectivity index (χ1v) is 10.6. The Morgan fingerprint density at radius 3 is 2.40 bits per heavy atom. The van der Waals surface area contributed by atoms with E-state index in [9.17, 15) is 8.42 Å². The molecule has 0 radical (unpaired) electrons. The van der Waals surface area contributed by atoms with E-state index in [-0.39, 0.29) is 21.7 Å². The molecule has 0 N–H and O–H groups in total. The van der Waals surface area contributed by atoms with Crippen molar-refractivity contribution >= 4 is 28.0 Å². The predicted octanol–water partition coefficient (Wildman–Crippen LogP) is 2.72. The monoisotopic (exact) mass is 360 g/mol. The van der Waals surface area contributed by atoms with Crippen molar-refractivity contribution in [2.24, 2.45) is 0 Å². The van der Waals surface area contributed by atoms with Crippen molar-refractivity contribution in [3.63, 3.8) is 0 Å². The quantitative estimate of drug-likeness (QED) is 0.761. The van der Waals surface area contributed by atoms with Gasteiger partial charge in [-0.2, -0.15) is 0 Å². The summed E-state index contributed by atoms with van der Waals surface area (Å²) < 4.78 is 36.9. The first-order valence-electron chi connectivity index (χ1n) is 8.99. The molecule has 0 spiro atoms. The summed E-state index contributed by atoms with van der Waals surface area (Å²) in [5.41, 5.74) is 2.47. The first-order chi connectivity index (χ1) is 11.6. The zero-order valence-electron chi connectivity index (χ0n) is 15.3. The number of fused-ring (bicyclic) bond motifs is 2. The van der Waals surface area contributed by atoms with Gasteiger partial charge in [0.05, 0.1) is 21.7 Å². The summed E-state index contributed by atoms with van der Waals surface area (Å²) in [5.74, 6) is 0. The standard InChI is InChI=1S/C19H25BO4S/c1-18(2)19(3,4)24-20(23-18)15-7-5-6-13(10-15)14-11-16-8-9-17(12-14)25(16,21)22/h5-7,10-11,16-17H,8-9,12H2,1-4H3. The van der Waals surface area contributed by atoms with Crippen LogP contribution in [0.4, 0.5) is 0 Å². The molecule has 1 aromatic carbocycles. The Hall–Kier alpha value is -1.11. The highest BCUT2D eigenvalue weighted by Gasteiger charge is 2.51. The first kappa shape index (κ1) is 17.3. The molecule has 1 aromatic rings. The molecule has 2 unspecified atom stereocenters. The van der Waals surface area contributed by atoms with Crippen LogP contribution in [0, 0.1) is 0 Å². The van der Waals surface area contributed by atoms with Gasteiger partial charge >= 0.3 is 7.12 Å². The van der Waals surface area contributed by atoms with Gasteiger partial charge in [-0.05, 0) is 63.6 Å². The van der Waals surface area contributed by atoms with Crippen molar-refractivity contribution in [3.8, 4) is 0 Å². The number of rotatable bonds is 2. The second-order valence-electron chi connectivity index (χ2n) is 8.44. The average Bonchev–Trinajstić information content (AvgIpc) is 2.81. The van der Waals surface area contributed by atoms with Crippen LogP contribution in [0.2, 0.25) is 0 Å². The van der Waals surface area contributed by atoms with Crippen LogP contribution in [-0.2, 0) is 19.1 Å². The molecule has 3 heterocycles. The largest absolute Gasteiger partial charge is 0.494 e. The predicted molar refractivity (Wildman–Crippen MR) is 100 cm³/mol. The summed E-state index contributed by atoms with van der Waals surface area (Å²) in [7, 11) is -3.35. The van der Waals surface area contributed by atoms with Crippen molar-refractivity contribution in [2.45, 2.75) is 68.7 Å². The Bertz CT molecular complexity index is 825. The van der Waals surface area contributed by atoms with Crippen LogP contribution >= 0.6 is 0 Å². The minimum atomic E-state index is -2.95. The number of hydrogen-bond acceptors (Lipinski definition) is 4. The fourth-order valence-electron chi connectivity index (χ4n) is 3.94. The smallest absolute Gasteiger partial charge is 0.399 e. The minimum Gasteiger partial charge on any atom is -0.399 e. The molecular formula is C19H25BO4S. The Labute approximate surface area is 150 Å². The lowest BCUT2D eigenvalue weighted by Crippen LogP contribution is -2.41. The van der Waals surface area contributed by atoms with Crippen molar-refractivity contribution < 1.29 is 17.7 Å². The van der Waals surface area contributed by atoms with Crippen molar-refractivity contribution in [1.29, 1.82) is 0 Å². The normalized spacial score (nSPS) is 31.8. The van der Waals surface area contributed by atoms with E-state index in [0.717, 1.165) is 29.4 Å². The fourth-order valence-corrected chi connectivity index (χ4v) is 6.13. The van der Waals surface area contributed by atoms with Gasteiger partial charge in [-0.1, -0.05) is 30.3 Å². The van der Waals surface area contributed by atoms with Crippen LogP contribution < -0.4 is 5.46 Å². The molecule has 0 amide bonds. The second kappa shape index (κ2) is 5.45. The Morgan fingerprint density at radius 1 is 1.08 bits per heavy atom. The molecule has 2 saturated heterocycles. The lowest BCUT2D eigenvalue weighted by Gasteiger charge is -2.32. The van der Waals surface area contributed by atoms with E-state index in [0.29, 0.717) is 6.42 Å². The molecule has 2 bridgehead atoms. The molecule has 134 valence electrons. The Balaban J connectivity index is 1.64. The lowest BCUT2D eigenvalue weighted by molar-refractivity contribution is 0.00578. The second-order valence-corrected chi connectivity index (χ2v) is 10.9. The number of hydrogen-bond donors (Lipinski definition) is 0. The molecule has 2 fully saturated rings. The van der Waals surface area contributed by atoms with Gasteiger partial charge < -0.3 is 9.31 Å². The topological polar surface area (TPSA) is 52.6 Å². The van der Waals surface area contributed by atoms with Gasteiger partial charge in [-0.15, -0.1) is 0 Å². The van der Waals surface area contributed by atoms with Crippen LogP contribution in [0.1, 0.15) is 52.5 Å². The van der Waals surface area contributed by atoms with Gasteiger partial charge in [0.1, 0.15) is 0 Å². The maximum atomic E-state index is 12.3. The summed E-state index contributed by atoms with van der Waals surface area (Å²) in [5, 5.41) is -0.514. The highest BCUT2D eigenvalue weighted by molar-refractivity contribution is 7.93. The number of benzene rings is 1. The highest BCUT2D eigenvalue weighted by Crippen LogP contribution is 2.41. The Kier molecular flexibility index (Phi) is 3.77. The molecule has 0 saturated carbocycles. The van der Waals surface area contributed by atoms with Crippen molar-refractivity contribution in [1.82, 2.24) is 0 Å². The third-order valence-electron chi connectivity index (χ3n) is 6.28. The molecule has 25 heavy (non-hydrogen) atoms. The van der Waals surface area contributed by atoms with Crippen LogP contribution in [0.25, 0.3) is 5.57 Å². The molecule has 3 aliphatic rings. The summed E-state index contributed by atoms with van der Waals surface area (Å²) in [4.78, 5) is 0. The van der Waals surface area contributed by atoms with E-state index in [1.54, 1.807) is 0 Å². The molecule has 0 aliphatic carbocycles. The van der Waals surface area contributed by atoms with E-state index in [1.165, 1.54) is 0 Å².